The Kier molecular flexibility index (Phi) is 3.59. The molecule has 1 aliphatic rings. The maximum atomic E-state index is 12.3. The molecule has 0 radical (unpaired) electrons. The van der Waals surface area contributed by atoms with Crippen LogP contribution in [0.4, 0.5) is 0 Å². The van der Waals surface area contributed by atoms with Crippen LogP contribution in [0.5, 0.6) is 0 Å². The molecule has 0 unspecified atom stereocenters. The Labute approximate surface area is 119 Å². The van der Waals surface area contributed by atoms with Crippen LogP contribution in [-0.2, 0) is 12.8 Å². The van der Waals surface area contributed by atoms with Crippen LogP contribution in [0.3, 0.4) is 0 Å². The third-order valence-electron chi connectivity index (χ3n) is 3.93. The fourth-order valence-electron chi connectivity index (χ4n) is 2.76. The van der Waals surface area contributed by atoms with Crippen molar-refractivity contribution in [3.05, 3.63) is 59.0 Å². The van der Waals surface area contributed by atoms with Gasteiger partial charge in [0.15, 0.2) is 0 Å². The molecule has 1 atom stereocenters. The van der Waals surface area contributed by atoms with Crippen molar-refractivity contribution in [2.24, 2.45) is 0 Å². The largest absolute Gasteiger partial charge is 0.467 e. The van der Waals surface area contributed by atoms with E-state index in [9.17, 15) is 4.79 Å². The molecule has 3 rings (SSSR count). The second-order valence-electron chi connectivity index (χ2n) is 5.40. The molecule has 0 fully saturated rings. The highest BCUT2D eigenvalue weighted by atomic mass is 16.3. The molecule has 3 heteroatoms. The first-order valence-corrected chi connectivity index (χ1v) is 7.20. The molecule has 1 aromatic carbocycles. The van der Waals surface area contributed by atoms with Gasteiger partial charge < -0.3 is 9.73 Å². The minimum atomic E-state index is -0.117. The molecule has 0 aliphatic heterocycles. The molecule has 1 N–H and O–H groups in total. The molecule has 0 spiro atoms. The van der Waals surface area contributed by atoms with Crippen LogP contribution < -0.4 is 5.32 Å². The summed E-state index contributed by atoms with van der Waals surface area (Å²) < 4.78 is 5.31. The van der Waals surface area contributed by atoms with Crippen LogP contribution in [-0.4, -0.2) is 5.91 Å². The van der Waals surface area contributed by atoms with E-state index in [2.05, 4.69) is 11.4 Å². The van der Waals surface area contributed by atoms with Crippen LogP contribution in [0.1, 0.15) is 53.1 Å². The number of benzene rings is 1. The topological polar surface area (TPSA) is 42.2 Å². The van der Waals surface area contributed by atoms with E-state index < -0.39 is 0 Å². The van der Waals surface area contributed by atoms with Crippen LogP contribution in [0.15, 0.2) is 41.0 Å². The van der Waals surface area contributed by atoms with Gasteiger partial charge in [0, 0.05) is 5.56 Å². The molecule has 0 saturated carbocycles. The Morgan fingerprint density at radius 2 is 2.00 bits per heavy atom. The van der Waals surface area contributed by atoms with E-state index in [-0.39, 0.29) is 11.9 Å². The molecule has 104 valence electrons. The average Bonchev–Trinajstić information content (AvgIpc) is 3.01. The number of aryl methyl sites for hydroxylation is 2. The molecule has 1 amide bonds. The van der Waals surface area contributed by atoms with Gasteiger partial charge in [-0.2, -0.15) is 0 Å². The first-order valence-electron chi connectivity index (χ1n) is 7.20. The second kappa shape index (κ2) is 5.53. The minimum Gasteiger partial charge on any atom is -0.467 e. The highest BCUT2D eigenvalue weighted by Gasteiger charge is 2.16. The van der Waals surface area contributed by atoms with Gasteiger partial charge in [-0.05, 0) is 68.0 Å². The fraction of sp³-hybridized carbons (Fsp3) is 0.353. The van der Waals surface area contributed by atoms with Crippen LogP contribution >= 0.6 is 0 Å². The van der Waals surface area contributed by atoms with Gasteiger partial charge in [-0.25, -0.2) is 0 Å². The Morgan fingerprint density at radius 3 is 2.75 bits per heavy atom. The number of rotatable bonds is 3. The zero-order chi connectivity index (χ0) is 13.9. The van der Waals surface area contributed by atoms with E-state index in [1.54, 1.807) is 6.26 Å². The summed E-state index contributed by atoms with van der Waals surface area (Å²) in [7, 11) is 0. The Bertz CT molecular complexity index is 601. The minimum absolute atomic E-state index is 0.0396. The summed E-state index contributed by atoms with van der Waals surface area (Å²) >= 11 is 0. The van der Waals surface area contributed by atoms with Crippen LogP contribution in [0.25, 0.3) is 0 Å². The Hall–Kier alpha value is -2.03. The third kappa shape index (κ3) is 2.62. The lowest BCUT2D eigenvalue weighted by Crippen LogP contribution is -2.26. The summed E-state index contributed by atoms with van der Waals surface area (Å²) in [6.07, 6.45) is 6.33. The van der Waals surface area contributed by atoms with E-state index in [1.165, 1.54) is 24.0 Å². The fourth-order valence-corrected chi connectivity index (χ4v) is 2.76. The van der Waals surface area contributed by atoms with E-state index >= 15 is 0 Å². The van der Waals surface area contributed by atoms with Crippen molar-refractivity contribution >= 4 is 5.91 Å². The normalized spacial score (nSPS) is 15.4. The molecule has 1 aliphatic carbocycles. The number of furan rings is 1. The monoisotopic (exact) mass is 269 g/mol. The first kappa shape index (κ1) is 13.0. The SMILES string of the molecule is C[C@@H](NC(=O)c1ccc2c(c1)CCCC2)c1ccco1. The van der Waals surface area contributed by atoms with Crippen molar-refractivity contribution in [2.75, 3.05) is 0 Å². The maximum absolute atomic E-state index is 12.3. The number of fused-ring (bicyclic) bond motifs is 1. The molecule has 20 heavy (non-hydrogen) atoms. The zero-order valence-electron chi connectivity index (χ0n) is 11.7. The van der Waals surface area contributed by atoms with Gasteiger partial charge in [-0.3, -0.25) is 4.79 Å². The smallest absolute Gasteiger partial charge is 0.251 e. The van der Waals surface area contributed by atoms with Crippen molar-refractivity contribution in [3.63, 3.8) is 0 Å². The van der Waals surface area contributed by atoms with Gasteiger partial charge in [0.05, 0.1) is 12.3 Å². The Morgan fingerprint density at radius 1 is 1.20 bits per heavy atom. The van der Waals surface area contributed by atoms with Crippen molar-refractivity contribution < 1.29 is 9.21 Å². The van der Waals surface area contributed by atoms with E-state index in [0.717, 1.165) is 24.2 Å². The summed E-state index contributed by atoms with van der Waals surface area (Å²) in [5.41, 5.74) is 3.46. The Balaban J connectivity index is 1.74. The van der Waals surface area contributed by atoms with Gasteiger partial charge in [-0.1, -0.05) is 6.07 Å². The lowest BCUT2D eigenvalue weighted by atomic mass is 9.90. The van der Waals surface area contributed by atoms with Crippen LogP contribution in [0.2, 0.25) is 0 Å². The van der Waals surface area contributed by atoms with Gasteiger partial charge in [-0.15, -0.1) is 0 Å². The molecule has 0 bridgehead atoms. The highest BCUT2D eigenvalue weighted by Crippen LogP contribution is 2.22. The zero-order valence-corrected chi connectivity index (χ0v) is 11.7. The van der Waals surface area contributed by atoms with Gasteiger partial charge in [0.25, 0.3) is 5.91 Å². The summed E-state index contributed by atoms with van der Waals surface area (Å²) in [5, 5.41) is 2.97. The van der Waals surface area contributed by atoms with Gasteiger partial charge in [0.2, 0.25) is 0 Å². The van der Waals surface area contributed by atoms with Gasteiger partial charge in [0.1, 0.15) is 5.76 Å². The third-order valence-corrected chi connectivity index (χ3v) is 3.93. The number of hydrogen-bond donors (Lipinski definition) is 1. The first-order chi connectivity index (χ1) is 9.74. The summed E-state index contributed by atoms with van der Waals surface area (Å²) in [6.45, 7) is 1.93. The molecular formula is C17H19NO2. The van der Waals surface area contributed by atoms with E-state index in [4.69, 9.17) is 4.42 Å². The van der Waals surface area contributed by atoms with Crippen molar-refractivity contribution in [1.29, 1.82) is 0 Å². The lowest BCUT2D eigenvalue weighted by Gasteiger charge is -2.17. The second-order valence-corrected chi connectivity index (χ2v) is 5.40. The van der Waals surface area contributed by atoms with E-state index in [1.807, 2.05) is 31.2 Å². The lowest BCUT2D eigenvalue weighted by molar-refractivity contribution is 0.0935. The quantitative estimate of drug-likeness (QED) is 0.924. The number of carbonyl (C=O) groups is 1. The molecule has 3 nitrogen and oxygen atoms in total. The summed E-state index contributed by atoms with van der Waals surface area (Å²) in [5.74, 6) is 0.735. The standard InChI is InChI=1S/C17H19NO2/c1-12(16-7-4-10-20-16)18-17(19)15-9-8-13-5-2-3-6-14(13)11-15/h4,7-12H,2-3,5-6H2,1H3,(H,18,19)/t12-/m1/s1. The van der Waals surface area contributed by atoms with Gasteiger partial charge >= 0.3 is 0 Å². The predicted molar refractivity (Wildman–Crippen MR) is 77.7 cm³/mol. The number of hydrogen-bond acceptors (Lipinski definition) is 2. The van der Waals surface area contributed by atoms with Crippen molar-refractivity contribution in [3.8, 4) is 0 Å². The van der Waals surface area contributed by atoms with Crippen molar-refractivity contribution in [1.82, 2.24) is 5.32 Å². The maximum Gasteiger partial charge on any atom is 0.251 e. The number of amides is 1. The van der Waals surface area contributed by atoms with E-state index in [0.29, 0.717) is 0 Å². The molecule has 1 heterocycles. The highest BCUT2D eigenvalue weighted by molar-refractivity contribution is 5.94. The molecule has 1 aromatic heterocycles. The summed E-state index contributed by atoms with van der Waals surface area (Å²) in [4.78, 5) is 12.3. The number of carbonyl (C=O) groups excluding carboxylic acids is 1. The average molecular weight is 269 g/mol. The number of nitrogens with one attached hydrogen (secondary N) is 1. The molecule has 0 saturated heterocycles. The van der Waals surface area contributed by atoms with Crippen molar-refractivity contribution in [2.45, 2.75) is 38.6 Å². The van der Waals surface area contributed by atoms with Crippen LogP contribution in [0, 0.1) is 0 Å². The predicted octanol–water partition coefficient (Wildman–Crippen LogP) is 3.65. The molecule has 2 aromatic rings. The summed E-state index contributed by atoms with van der Waals surface area (Å²) in [6, 6.07) is 9.65. The molecular weight excluding hydrogens is 250 g/mol.